The van der Waals surface area contributed by atoms with Crippen LogP contribution in [0.15, 0.2) is 30.6 Å². The summed E-state index contributed by atoms with van der Waals surface area (Å²) in [4.78, 5) is 4.10. The van der Waals surface area contributed by atoms with E-state index in [-0.39, 0.29) is 11.9 Å². The van der Waals surface area contributed by atoms with Crippen molar-refractivity contribution in [2.75, 3.05) is 5.32 Å². The van der Waals surface area contributed by atoms with Gasteiger partial charge in [0.1, 0.15) is 12.1 Å². The normalized spacial score (nSPS) is 10.6. The molecule has 0 saturated carbocycles. The Morgan fingerprint density at radius 2 is 2.25 bits per heavy atom. The van der Waals surface area contributed by atoms with Gasteiger partial charge in [-0.05, 0) is 43.8 Å². The van der Waals surface area contributed by atoms with Crippen molar-refractivity contribution >= 4 is 23.3 Å². The molecule has 106 valence electrons. The smallest absolute Gasteiger partial charge is 0.248 e. The number of nitrogens with one attached hydrogen (secondary N) is 2. The lowest BCUT2D eigenvalue weighted by atomic mass is 10.2. The van der Waals surface area contributed by atoms with Crippen LogP contribution in [0, 0.1) is 5.82 Å². The van der Waals surface area contributed by atoms with Crippen LogP contribution in [0.2, 0.25) is 0 Å². The molecule has 2 aromatic rings. The minimum absolute atomic E-state index is 0.240. The van der Waals surface area contributed by atoms with E-state index in [1.54, 1.807) is 17.1 Å². The van der Waals surface area contributed by atoms with Gasteiger partial charge < -0.3 is 5.32 Å². The van der Waals surface area contributed by atoms with Gasteiger partial charge in [-0.15, -0.1) is 5.10 Å². The minimum atomic E-state index is -0.261. The number of benzene rings is 1. The van der Waals surface area contributed by atoms with Gasteiger partial charge in [-0.2, -0.15) is 0 Å². The Balaban J connectivity index is 1.97. The summed E-state index contributed by atoms with van der Waals surface area (Å²) in [5, 5.41) is 10.6. The molecule has 0 unspecified atom stereocenters. The third kappa shape index (κ3) is 4.27. The van der Waals surface area contributed by atoms with Crippen molar-refractivity contribution in [3.63, 3.8) is 0 Å². The summed E-state index contributed by atoms with van der Waals surface area (Å²) in [6.45, 7) is 4.44. The second-order valence-electron chi connectivity index (χ2n) is 4.65. The topological polar surface area (TPSA) is 54.8 Å². The van der Waals surface area contributed by atoms with E-state index in [1.807, 2.05) is 19.9 Å². The van der Waals surface area contributed by atoms with E-state index < -0.39 is 0 Å². The molecule has 0 fully saturated rings. The van der Waals surface area contributed by atoms with Gasteiger partial charge in [-0.1, -0.05) is 12.1 Å². The van der Waals surface area contributed by atoms with Crippen LogP contribution in [0.25, 0.3) is 0 Å². The first-order chi connectivity index (χ1) is 9.52. The molecule has 1 aromatic heterocycles. The molecule has 1 heterocycles. The maximum Gasteiger partial charge on any atom is 0.248 e. The molecule has 1 aromatic carbocycles. The lowest BCUT2D eigenvalue weighted by Gasteiger charge is -2.10. The van der Waals surface area contributed by atoms with Gasteiger partial charge in [-0.3, -0.25) is 5.32 Å². The molecule has 2 N–H and O–H groups in total. The minimum Gasteiger partial charge on any atom is -0.360 e. The Morgan fingerprint density at radius 1 is 1.45 bits per heavy atom. The van der Waals surface area contributed by atoms with Crippen LogP contribution in [-0.2, 0) is 6.54 Å². The number of thiocarbonyl (C=S) groups is 1. The molecule has 0 aliphatic rings. The second-order valence-corrected chi connectivity index (χ2v) is 5.06. The molecule has 2 rings (SSSR count). The van der Waals surface area contributed by atoms with Gasteiger partial charge in [0.2, 0.25) is 5.95 Å². The molecule has 0 atom stereocenters. The zero-order valence-electron chi connectivity index (χ0n) is 11.3. The van der Waals surface area contributed by atoms with Crippen LogP contribution in [0.1, 0.15) is 19.4 Å². The standard InChI is InChI=1S/C13H16FN5S/c1-9(2)16-13(20)17-12-15-8-19(18-12)7-10-4-3-5-11(14)6-10/h3-6,8-9H,7H2,1-2H3,(H2,16,17,18,20). The molecule has 0 bridgehead atoms. The van der Waals surface area contributed by atoms with Crippen LogP contribution < -0.4 is 10.6 Å². The predicted molar refractivity (Wildman–Crippen MR) is 80.0 cm³/mol. The van der Waals surface area contributed by atoms with Crippen molar-refractivity contribution in [2.45, 2.75) is 26.4 Å². The molecule has 0 saturated heterocycles. The van der Waals surface area contributed by atoms with Crippen LogP contribution >= 0.6 is 12.2 Å². The predicted octanol–water partition coefficient (Wildman–Crippen LogP) is 2.16. The molecule has 5 nitrogen and oxygen atoms in total. The van der Waals surface area contributed by atoms with Gasteiger partial charge >= 0.3 is 0 Å². The van der Waals surface area contributed by atoms with Gasteiger partial charge in [0.15, 0.2) is 5.11 Å². The van der Waals surface area contributed by atoms with Crippen LogP contribution in [0.4, 0.5) is 10.3 Å². The Hall–Kier alpha value is -2.02. The quantitative estimate of drug-likeness (QED) is 0.846. The lowest BCUT2D eigenvalue weighted by molar-refractivity contribution is 0.619. The van der Waals surface area contributed by atoms with Gasteiger partial charge in [0.25, 0.3) is 0 Å². The first-order valence-electron chi connectivity index (χ1n) is 6.24. The van der Waals surface area contributed by atoms with Crippen molar-refractivity contribution in [3.05, 3.63) is 42.0 Å². The average Bonchev–Trinajstić information content (AvgIpc) is 2.75. The molecule has 0 aliphatic heterocycles. The number of rotatable bonds is 4. The molecule has 0 radical (unpaired) electrons. The monoisotopic (exact) mass is 293 g/mol. The van der Waals surface area contributed by atoms with E-state index in [4.69, 9.17) is 12.2 Å². The fourth-order valence-electron chi connectivity index (χ4n) is 1.65. The van der Waals surface area contributed by atoms with E-state index in [1.165, 1.54) is 12.1 Å². The largest absolute Gasteiger partial charge is 0.360 e. The highest BCUT2D eigenvalue weighted by atomic mass is 32.1. The van der Waals surface area contributed by atoms with E-state index in [0.717, 1.165) is 5.56 Å². The number of halogens is 1. The summed E-state index contributed by atoms with van der Waals surface area (Å²) in [5.41, 5.74) is 0.823. The Bertz CT molecular complexity index is 596. The van der Waals surface area contributed by atoms with Crippen molar-refractivity contribution in [3.8, 4) is 0 Å². The molecule has 0 spiro atoms. The van der Waals surface area contributed by atoms with Crippen molar-refractivity contribution in [1.82, 2.24) is 20.1 Å². The van der Waals surface area contributed by atoms with Gasteiger partial charge in [-0.25, -0.2) is 14.1 Å². The zero-order valence-corrected chi connectivity index (χ0v) is 12.1. The van der Waals surface area contributed by atoms with Crippen LogP contribution in [0.5, 0.6) is 0 Å². The average molecular weight is 293 g/mol. The molecular weight excluding hydrogens is 277 g/mol. The number of hydrogen-bond acceptors (Lipinski definition) is 3. The molecule has 7 heteroatoms. The lowest BCUT2D eigenvalue weighted by Crippen LogP contribution is -2.34. The Morgan fingerprint density at radius 3 is 2.95 bits per heavy atom. The van der Waals surface area contributed by atoms with Crippen molar-refractivity contribution < 1.29 is 4.39 Å². The number of hydrogen-bond donors (Lipinski definition) is 2. The van der Waals surface area contributed by atoms with E-state index in [0.29, 0.717) is 17.6 Å². The van der Waals surface area contributed by atoms with Crippen LogP contribution in [-0.4, -0.2) is 25.9 Å². The Labute approximate surface area is 122 Å². The fraction of sp³-hybridized carbons (Fsp3) is 0.308. The number of nitrogens with zero attached hydrogens (tertiary/aromatic N) is 3. The highest BCUT2D eigenvalue weighted by Crippen LogP contribution is 2.06. The van der Waals surface area contributed by atoms with Crippen molar-refractivity contribution in [2.24, 2.45) is 0 Å². The third-order valence-electron chi connectivity index (χ3n) is 2.42. The summed E-state index contributed by atoms with van der Waals surface area (Å²) < 4.78 is 14.7. The van der Waals surface area contributed by atoms with E-state index in [2.05, 4.69) is 20.7 Å². The number of anilines is 1. The Kier molecular flexibility index (Phi) is 4.62. The summed E-state index contributed by atoms with van der Waals surface area (Å²) in [6.07, 6.45) is 1.57. The van der Waals surface area contributed by atoms with Crippen molar-refractivity contribution in [1.29, 1.82) is 0 Å². The summed E-state index contributed by atoms with van der Waals surface area (Å²) in [6, 6.07) is 6.63. The fourth-order valence-corrected chi connectivity index (χ4v) is 1.98. The highest BCUT2D eigenvalue weighted by Gasteiger charge is 2.05. The second kappa shape index (κ2) is 6.42. The molecular formula is C13H16FN5S. The maximum absolute atomic E-state index is 13.1. The molecule has 20 heavy (non-hydrogen) atoms. The van der Waals surface area contributed by atoms with E-state index in [9.17, 15) is 4.39 Å². The highest BCUT2D eigenvalue weighted by molar-refractivity contribution is 7.80. The zero-order chi connectivity index (χ0) is 14.5. The van der Waals surface area contributed by atoms with Crippen LogP contribution in [0.3, 0.4) is 0 Å². The van der Waals surface area contributed by atoms with Gasteiger partial charge in [0.05, 0.1) is 6.54 Å². The van der Waals surface area contributed by atoms with Gasteiger partial charge in [0, 0.05) is 6.04 Å². The maximum atomic E-state index is 13.1. The SMILES string of the molecule is CC(C)NC(=S)Nc1ncn(Cc2cccc(F)c2)n1. The number of aromatic nitrogens is 3. The first-order valence-corrected chi connectivity index (χ1v) is 6.65. The summed E-state index contributed by atoms with van der Waals surface area (Å²) in [7, 11) is 0. The first kappa shape index (κ1) is 14.4. The summed E-state index contributed by atoms with van der Waals surface area (Å²) >= 11 is 5.11. The molecule has 0 amide bonds. The molecule has 0 aliphatic carbocycles. The summed E-state index contributed by atoms with van der Waals surface area (Å²) in [5.74, 6) is 0.155. The van der Waals surface area contributed by atoms with E-state index >= 15 is 0 Å². The third-order valence-corrected chi connectivity index (χ3v) is 2.64.